The highest BCUT2D eigenvalue weighted by molar-refractivity contribution is 5.37. The molecule has 0 unspecified atom stereocenters. The molecule has 0 aliphatic heterocycles. The molecule has 0 aliphatic rings. The van der Waals surface area contributed by atoms with E-state index >= 15 is 0 Å². The first-order valence-corrected chi connectivity index (χ1v) is 7.12. The SMILES string of the molecule is CCc1ccccc1Oc1cncc(CNC(C)C)c1. The van der Waals surface area contributed by atoms with Crippen LogP contribution in [0.1, 0.15) is 31.9 Å². The van der Waals surface area contributed by atoms with Gasteiger partial charge in [-0.15, -0.1) is 0 Å². The molecule has 0 saturated heterocycles. The molecule has 1 aromatic heterocycles. The van der Waals surface area contributed by atoms with Crippen LogP contribution in [-0.2, 0) is 13.0 Å². The summed E-state index contributed by atoms with van der Waals surface area (Å²) in [6, 6.07) is 10.6. The number of hydrogen-bond acceptors (Lipinski definition) is 3. The maximum Gasteiger partial charge on any atom is 0.146 e. The zero-order chi connectivity index (χ0) is 14.4. The van der Waals surface area contributed by atoms with E-state index in [1.807, 2.05) is 30.5 Å². The Hall–Kier alpha value is -1.87. The molecule has 0 bridgehead atoms. The lowest BCUT2D eigenvalue weighted by atomic mass is 10.1. The Morgan fingerprint density at radius 3 is 2.75 bits per heavy atom. The number of hydrogen-bond donors (Lipinski definition) is 1. The van der Waals surface area contributed by atoms with Gasteiger partial charge in [0.1, 0.15) is 11.5 Å². The van der Waals surface area contributed by atoms with Gasteiger partial charge in [-0.2, -0.15) is 0 Å². The maximum atomic E-state index is 5.96. The smallest absolute Gasteiger partial charge is 0.146 e. The van der Waals surface area contributed by atoms with E-state index in [-0.39, 0.29) is 0 Å². The molecule has 1 N–H and O–H groups in total. The van der Waals surface area contributed by atoms with Crippen molar-refractivity contribution in [3.05, 3.63) is 53.9 Å². The molecule has 20 heavy (non-hydrogen) atoms. The minimum Gasteiger partial charge on any atom is -0.455 e. The predicted octanol–water partition coefficient (Wildman–Crippen LogP) is 3.93. The third-order valence-electron chi connectivity index (χ3n) is 3.07. The highest BCUT2D eigenvalue weighted by Crippen LogP contribution is 2.25. The van der Waals surface area contributed by atoms with Gasteiger partial charge in [-0.3, -0.25) is 4.98 Å². The van der Waals surface area contributed by atoms with Crippen LogP contribution in [0, 0.1) is 0 Å². The highest BCUT2D eigenvalue weighted by atomic mass is 16.5. The van der Waals surface area contributed by atoms with E-state index in [0.717, 1.165) is 30.0 Å². The minimum atomic E-state index is 0.459. The molecular weight excluding hydrogens is 248 g/mol. The van der Waals surface area contributed by atoms with E-state index < -0.39 is 0 Å². The summed E-state index contributed by atoms with van der Waals surface area (Å²) < 4.78 is 5.96. The normalized spacial score (nSPS) is 10.8. The molecule has 0 fully saturated rings. The van der Waals surface area contributed by atoms with E-state index in [9.17, 15) is 0 Å². The monoisotopic (exact) mass is 270 g/mol. The quantitative estimate of drug-likeness (QED) is 0.863. The molecule has 1 aromatic carbocycles. The van der Waals surface area contributed by atoms with Gasteiger partial charge in [0.05, 0.1) is 6.20 Å². The molecule has 0 atom stereocenters. The fourth-order valence-electron chi connectivity index (χ4n) is 1.96. The molecule has 0 spiro atoms. The molecule has 0 radical (unpaired) electrons. The Kier molecular flexibility index (Phi) is 5.13. The van der Waals surface area contributed by atoms with Crippen molar-refractivity contribution in [2.45, 2.75) is 39.8 Å². The summed E-state index contributed by atoms with van der Waals surface area (Å²) in [7, 11) is 0. The third-order valence-corrected chi connectivity index (χ3v) is 3.07. The lowest BCUT2D eigenvalue weighted by Crippen LogP contribution is -2.21. The Labute approximate surface area is 121 Å². The second-order valence-electron chi connectivity index (χ2n) is 5.13. The number of ether oxygens (including phenoxy) is 1. The van der Waals surface area contributed by atoms with Gasteiger partial charge in [0, 0.05) is 18.8 Å². The summed E-state index contributed by atoms with van der Waals surface area (Å²) >= 11 is 0. The molecule has 0 amide bonds. The fourth-order valence-corrected chi connectivity index (χ4v) is 1.96. The molecule has 3 nitrogen and oxygen atoms in total. The Bertz CT molecular complexity index is 552. The first kappa shape index (κ1) is 14.5. The van der Waals surface area contributed by atoms with Gasteiger partial charge in [-0.05, 0) is 29.7 Å². The topological polar surface area (TPSA) is 34.1 Å². The summed E-state index contributed by atoms with van der Waals surface area (Å²) in [4.78, 5) is 4.25. The summed E-state index contributed by atoms with van der Waals surface area (Å²) in [6.07, 6.45) is 4.58. The number of para-hydroxylation sites is 1. The van der Waals surface area contributed by atoms with Crippen LogP contribution in [0.2, 0.25) is 0 Å². The molecule has 0 saturated carbocycles. The first-order valence-electron chi connectivity index (χ1n) is 7.12. The summed E-state index contributed by atoms with van der Waals surface area (Å²) in [5.41, 5.74) is 2.34. The van der Waals surface area contributed by atoms with Crippen LogP contribution in [-0.4, -0.2) is 11.0 Å². The number of aromatic nitrogens is 1. The Balaban J connectivity index is 2.11. The number of rotatable bonds is 6. The Morgan fingerprint density at radius 2 is 2.00 bits per heavy atom. The first-order chi connectivity index (χ1) is 9.69. The number of benzene rings is 1. The van der Waals surface area contributed by atoms with Crippen molar-refractivity contribution in [1.82, 2.24) is 10.3 Å². The van der Waals surface area contributed by atoms with Gasteiger partial charge >= 0.3 is 0 Å². The van der Waals surface area contributed by atoms with Crippen LogP contribution in [0.15, 0.2) is 42.7 Å². The zero-order valence-electron chi connectivity index (χ0n) is 12.4. The highest BCUT2D eigenvalue weighted by Gasteiger charge is 2.04. The summed E-state index contributed by atoms with van der Waals surface area (Å²) in [5.74, 6) is 1.69. The number of pyridine rings is 1. The number of aryl methyl sites for hydroxylation is 1. The van der Waals surface area contributed by atoms with Gasteiger partial charge < -0.3 is 10.1 Å². The second-order valence-corrected chi connectivity index (χ2v) is 5.13. The van der Waals surface area contributed by atoms with Crippen LogP contribution >= 0.6 is 0 Å². The molecule has 106 valence electrons. The Morgan fingerprint density at radius 1 is 1.20 bits per heavy atom. The molecule has 2 aromatic rings. The molecule has 3 heteroatoms. The van der Waals surface area contributed by atoms with Crippen LogP contribution in [0.5, 0.6) is 11.5 Å². The van der Waals surface area contributed by atoms with Gasteiger partial charge in [0.15, 0.2) is 0 Å². The predicted molar refractivity (Wildman–Crippen MR) is 82.1 cm³/mol. The lowest BCUT2D eigenvalue weighted by molar-refractivity contribution is 0.472. The van der Waals surface area contributed by atoms with Crippen molar-refractivity contribution in [2.75, 3.05) is 0 Å². The van der Waals surface area contributed by atoms with Crippen molar-refractivity contribution >= 4 is 0 Å². The lowest BCUT2D eigenvalue weighted by Gasteiger charge is -2.11. The van der Waals surface area contributed by atoms with Crippen molar-refractivity contribution in [3.63, 3.8) is 0 Å². The third kappa shape index (κ3) is 4.07. The number of nitrogens with one attached hydrogen (secondary N) is 1. The number of nitrogens with zero attached hydrogens (tertiary/aromatic N) is 1. The maximum absolute atomic E-state index is 5.96. The average Bonchev–Trinajstić information content (AvgIpc) is 2.46. The van der Waals surface area contributed by atoms with Crippen LogP contribution in [0.4, 0.5) is 0 Å². The van der Waals surface area contributed by atoms with Crippen molar-refractivity contribution in [1.29, 1.82) is 0 Å². The van der Waals surface area contributed by atoms with Gasteiger partial charge in [-0.1, -0.05) is 39.0 Å². The van der Waals surface area contributed by atoms with E-state index in [1.165, 1.54) is 5.56 Å². The van der Waals surface area contributed by atoms with Crippen molar-refractivity contribution < 1.29 is 4.74 Å². The van der Waals surface area contributed by atoms with Crippen LogP contribution in [0.25, 0.3) is 0 Å². The van der Waals surface area contributed by atoms with E-state index in [1.54, 1.807) is 6.20 Å². The average molecular weight is 270 g/mol. The summed E-state index contributed by atoms with van der Waals surface area (Å²) in [6.45, 7) is 7.19. The van der Waals surface area contributed by atoms with E-state index in [0.29, 0.717) is 6.04 Å². The van der Waals surface area contributed by atoms with E-state index in [4.69, 9.17) is 4.74 Å². The molecule has 2 rings (SSSR count). The van der Waals surface area contributed by atoms with Crippen molar-refractivity contribution in [2.24, 2.45) is 0 Å². The van der Waals surface area contributed by atoms with Crippen LogP contribution in [0.3, 0.4) is 0 Å². The van der Waals surface area contributed by atoms with Gasteiger partial charge in [0.2, 0.25) is 0 Å². The molecule has 0 aliphatic carbocycles. The zero-order valence-corrected chi connectivity index (χ0v) is 12.4. The molecular formula is C17H22N2O. The summed E-state index contributed by atoms with van der Waals surface area (Å²) in [5, 5.41) is 3.38. The van der Waals surface area contributed by atoms with Gasteiger partial charge in [0.25, 0.3) is 0 Å². The van der Waals surface area contributed by atoms with E-state index in [2.05, 4.69) is 37.1 Å². The minimum absolute atomic E-state index is 0.459. The van der Waals surface area contributed by atoms with Gasteiger partial charge in [-0.25, -0.2) is 0 Å². The van der Waals surface area contributed by atoms with Crippen molar-refractivity contribution in [3.8, 4) is 11.5 Å². The largest absolute Gasteiger partial charge is 0.455 e. The molecule has 1 heterocycles. The standard InChI is InChI=1S/C17H22N2O/c1-4-15-7-5-6-8-17(15)20-16-9-14(10-18-12-16)11-19-13(2)3/h5-10,12-13,19H,4,11H2,1-3H3. The van der Waals surface area contributed by atoms with Crippen LogP contribution < -0.4 is 10.1 Å². The fraction of sp³-hybridized carbons (Fsp3) is 0.353. The second kappa shape index (κ2) is 7.06.